The number of fused-ring (bicyclic) bond motifs is 3. The van der Waals surface area contributed by atoms with Crippen molar-refractivity contribution in [1.82, 2.24) is 0 Å². The minimum Gasteiger partial charge on any atom is -0.252 e. The first kappa shape index (κ1) is 18.8. The molecule has 0 radical (unpaired) electrons. The number of benzene rings is 3. The molecule has 0 fully saturated rings. The number of halogens is 1. The zero-order chi connectivity index (χ0) is 20.8. The zero-order valence-corrected chi connectivity index (χ0v) is 18.7. The Morgan fingerprint density at radius 1 is 0.806 bits per heavy atom. The third kappa shape index (κ3) is 3.09. The molecule has 0 bridgehead atoms. The number of aliphatic imine (C=N–C) groups is 1. The molecule has 3 aliphatic rings. The van der Waals surface area contributed by atoms with E-state index in [1.54, 1.807) is 0 Å². The van der Waals surface area contributed by atoms with E-state index in [4.69, 9.17) is 4.99 Å². The molecule has 0 spiro atoms. The molecule has 2 heteroatoms. The van der Waals surface area contributed by atoms with Crippen molar-refractivity contribution in [3.8, 4) is 0 Å². The van der Waals surface area contributed by atoms with E-state index in [9.17, 15) is 0 Å². The Kier molecular flexibility index (Phi) is 4.61. The van der Waals surface area contributed by atoms with Crippen molar-refractivity contribution in [3.63, 3.8) is 0 Å². The largest absolute Gasteiger partial charge is 0.252 e. The summed E-state index contributed by atoms with van der Waals surface area (Å²) in [6, 6.07) is 28.1. The van der Waals surface area contributed by atoms with Gasteiger partial charge in [-0.1, -0.05) is 107 Å². The Morgan fingerprint density at radius 3 is 2.45 bits per heavy atom. The van der Waals surface area contributed by atoms with Crippen molar-refractivity contribution >= 4 is 32.9 Å². The van der Waals surface area contributed by atoms with Crippen LogP contribution >= 0.6 is 15.9 Å². The van der Waals surface area contributed by atoms with E-state index in [1.807, 2.05) is 0 Å². The molecule has 3 aromatic rings. The highest BCUT2D eigenvalue weighted by Crippen LogP contribution is 2.53. The van der Waals surface area contributed by atoms with Crippen LogP contribution in [0.15, 0.2) is 118 Å². The van der Waals surface area contributed by atoms with Crippen LogP contribution in [0.25, 0.3) is 5.57 Å². The second-order valence-electron chi connectivity index (χ2n) is 8.45. The van der Waals surface area contributed by atoms with Gasteiger partial charge in [0.05, 0.1) is 11.4 Å². The van der Waals surface area contributed by atoms with Gasteiger partial charge in [-0.25, -0.2) is 0 Å². The summed E-state index contributed by atoms with van der Waals surface area (Å²) in [5.74, 6) is 0.994. The molecule has 0 N–H and O–H groups in total. The van der Waals surface area contributed by atoms with Crippen LogP contribution in [0.3, 0.4) is 0 Å². The molecule has 3 aromatic carbocycles. The molecular formula is C29H22BrN. The molecule has 3 unspecified atom stereocenters. The summed E-state index contributed by atoms with van der Waals surface area (Å²) in [5.41, 5.74) is 9.02. The smallest absolute Gasteiger partial charge is 0.0665 e. The fourth-order valence-electron chi connectivity index (χ4n) is 5.47. The fourth-order valence-corrected chi connectivity index (χ4v) is 6.02. The lowest BCUT2D eigenvalue weighted by Gasteiger charge is -2.43. The fraction of sp³-hybridized carbons (Fsp3) is 0.138. The van der Waals surface area contributed by atoms with Gasteiger partial charge in [0.2, 0.25) is 0 Å². The topological polar surface area (TPSA) is 12.4 Å². The number of hydrogen-bond acceptors (Lipinski definition) is 1. The first-order valence-corrected chi connectivity index (χ1v) is 11.7. The van der Waals surface area contributed by atoms with Gasteiger partial charge >= 0.3 is 0 Å². The van der Waals surface area contributed by atoms with Gasteiger partial charge in [-0.15, -0.1) is 0 Å². The quantitative estimate of drug-likeness (QED) is 0.369. The summed E-state index contributed by atoms with van der Waals surface area (Å²) in [4.78, 5) is 5.31. The van der Waals surface area contributed by atoms with E-state index in [-0.39, 0.29) is 0 Å². The summed E-state index contributed by atoms with van der Waals surface area (Å²) >= 11 is 3.86. The lowest BCUT2D eigenvalue weighted by molar-refractivity contribution is 0.451. The summed E-state index contributed by atoms with van der Waals surface area (Å²) < 4.78 is 1.18. The van der Waals surface area contributed by atoms with Gasteiger partial charge in [-0.2, -0.15) is 0 Å². The van der Waals surface area contributed by atoms with Crippen molar-refractivity contribution in [2.45, 2.75) is 12.3 Å². The minimum absolute atomic E-state index is 0.327. The Labute approximate surface area is 191 Å². The van der Waals surface area contributed by atoms with Crippen LogP contribution in [-0.2, 0) is 6.42 Å². The molecule has 2 aliphatic carbocycles. The first-order valence-electron chi connectivity index (χ1n) is 10.9. The Bertz CT molecular complexity index is 1280. The highest BCUT2D eigenvalue weighted by molar-refractivity contribution is 9.10. The SMILES string of the molecule is Brc1ccccc1C1C2C=CC=CC2=C(c2ccccc2)C2=Nc3ccccc3CC21. The normalized spacial score (nSPS) is 23.6. The Morgan fingerprint density at radius 2 is 1.58 bits per heavy atom. The summed E-state index contributed by atoms with van der Waals surface area (Å²) in [7, 11) is 0. The predicted octanol–water partition coefficient (Wildman–Crippen LogP) is 7.69. The van der Waals surface area contributed by atoms with E-state index in [1.165, 1.54) is 38.0 Å². The van der Waals surface area contributed by atoms with Crippen LogP contribution < -0.4 is 0 Å². The molecule has 6 rings (SSSR count). The van der Waals surface area contributed by atoms with Gasteiger partial charge in [-0.3, -0.25) is 4.99 Å². The molecule has 1 heterocycles. The van der Waals surface area contributed by atoms with Crippen molar-refractivity contribution < 1.29 is 0 Å². The number of allylic oxidation sites excluding steroid dienone is 6. The third-order valence-electron chi connectivity index (χ3n) is 6.78. The summed E-state index contributed by atoms with van der Waals surface area (Å²) in [6.45, 7) is 0. The van der Waals surface area contributed by atoms with Crippen molar-refractivity contribution in [3.05, 3.63) is 130 Å². The Balaban J connectivity index is 1.65. The lowest BCUT2D eigenvalue weighted by atomic mass is 9.61. The van der Waals surface area contributed by atoms with Crippen molar-refractivity contribution in [2.75, 3.05) is 0 Å². The number of para-hydroxylation sites is 1. The summed E-state index contributed by atoms with van der Waals surface area (Å²) in [5, 5.41) is 0. The highest BCUT2D eigenvalue weighted by Gasteiger charge is 2.44. The average Bonchev–Trinajstić information content (AvgIpc) is 2.82. The molecule has 3 atom stereocenters. The summed E-state index contributed by atoms with van der Waals surface area (Å²) in [6.07, 6.45) is 10.1. The van der Waals surface area contributed by atoms with Gasteiger partial charge in [0.15, 0.2) is 0 Å². The second-order valence-corrected chi connectivity index (χ2v) is 9.30. The zero-order valence-electron chi connectivity index (χ0n) is 17.1. The van der Waals surface area contributed by atoms with E-state index in [0.29, 0.717) is 17.8 Å². The molecule has 1 nitrogen and oxygen atoms in total. The van der Waals surface area contributed by atoms with Crippen molar-refractivity contribution in [1.29, 1.82) is 0 Å². The maximum Gasteiger partial charge on any atom is 0.0665 e. The number of hydrogen-bond donors (Lipinski definition) is 0. The molecule has 0 amide bonds. The van der Waals surface area contributed by atoms with Gasteiger partial charge < -0.3 is 0 Å². The number of nitrogens with zero attached hydrogens (tertiary/aromatic N) is 1. The Hall–Kier alpha value is -2.97. The molecule has 150 valence electrons. The van der Waals surface area contributed by atoms with E-state index in [0.717, 1.165) is 12.1 Å². The van der Waals surface area contributed by atoms with Crippen molar-refractivity contribution in [2.24, 2.45) is 16.8 Å². The van der Waals surface area contributed by atoms with Crippen LogP contribution in [0.1, 0.15) is 22.6 Å². The van der Waals surface area contributed by atoms with E-state index in [2.05, 4.69) is 119 Å². The van der Waals surface area contributed by atoms with E-state index >= 15 is 0 Å². The minimum atomic E-state index is 0.327. The van der Waals surface area contributed by atoms with Crippen LogP contribution in [0, 0.1) is 11.8 Å². The molecule has 1 aliphatic heterocycles. The van der Waals surface area contributed by atoms with Gasteiger partial charge in [0, 0.05) is 27.8 Å². The second kappa shape index (κ2) is 7.62. The maximum absolute atomic E-state index is 5.31. The molecule has 0 aromatic heterocycles. The third-order valence-corrected chi connectivity index (χ3v) is 7.50. The highest BCUT2D eigenvalue weighted by atomic mass is 79.9. The van der Waals surface area contributed by atoms with Gasteiger partial charge in [-0.05, 0) is 40.8 Å². The first-order chi connectivity index (χ1) is 15.3. The maximum atomic E-state index is 5.31. The molecule has 31 heavy (non-hydrogen) atoms. The van der Waals surface area contributed by atoms with Crippen LogP contribution in [0.4, 0.5) is 5.69 Å². The lowest BCUT2D eigenvalue weighted by Crippen LogP contribution is -2.37. The molecule has 0 saturated carbocycles. The van der Waals surface area contributed by atoms with Gasteiger partial charge in [0.25, 0.3) is 0 Å². The predicted molar refractivity (Wildman–Crippen MR) is 133 cm³/mol. The number of rotatable bonds is 2. The van der Waals surface area contributed by atoms with Gasteiger partial charge in [0.1, 0.15) is 0 Å². The monoisotopic (exact) mass is 463 g/mol. The molecule has 0 saturated heterocycles. The molecular weight excluding hydrogens is 442 g/mol. The van der Waals surface area contributed by atoms with Crippen LogP contribution in [-0.4, -0.2) is 5.71 Å². The standard InChI is InChI=1S/C29H22BrN/c30-25-16-8-7-15-23(25)28-22-14-6-5-13-21(22)27(19-10-2-1-3-11-19)29-24(28)18-20-12-4-9-17-26(20)31-29/h1-17,22,24,28H,18H2. The van der Waals surface area contributed by atoms with E-state index < -0.39 is 0 Å². The average molecular weight is 464 g/mol. The van der Waals surface area contributed by atoms with Crippen LogP contribution in [0.2, 0.25) is 0 Å². The van der Waals surface area contributed by atoms with Crippen LogP contribution in [0.5, 0.6) is 0 Å².